The Morgan fingerprint density at radius 1 is 1.59 bits per heavy atom. The quantitative estimate of drug-likeness (QED) is 0.812. The summed E-state index contributed by atoms with van der Waals surface area (Å²) in [6, 6.07) is 1.08. The minimum atomic E-state index is -2.73. The van der Waals surface area contributed by atoms with Crippen LogP contribution < -0.4 is 10.5 Å². The van der Waals surface area contributed by atoms with E-state index in [0.717, 1.165) is 6.07 Å². The van der Waals surface area contributed by atoms with E-state index in [2.05, 4.69) is 4.98 Å². The van der Waals surface area contributed by atoms with Gasteiger partial charge >= 0.3 is 5.97 Å². The van der Waals surface area contributed by atoms with E-state index in [9.17, 15) is 13.6 Å². The lowest BCUT2D eigenvalue weighted by Gasteiger charge is -2.12. The topological polar surface area (TPSA) is 85.4 Å². The third-order valence-corrected chi connectivity index (χ3v) is 2.14. The monoisotopic (exact) mass is 246 g/mol. The van der Waals surface area contributed by atoms with Gasteiger partial charge in [-0.1, -0.05) is 0 Å². The number of alkyl halides is 2. The Hall–Kier alpha value is -1.76. The van der Waals surface area contributed by atoms with Crippen LogP contribution in [0.3, 0.4) is 0 Å². The molecule has 0 aliphatic carbocycles. The minimum Gasteiger partial charge on any atom is -0.495 e. The van der Waals surface area contributed by atoms with Crippen molar-refractivity contribution in [2.75, 3.05) is 7.11 Å². The number of nitrogens with two attached hydrogens (primary N) is 1. The van der Waals surface area contributed by atoms with Gasteiger partial charge in [-0.25, -0.2) is 8.78 Å². The van der Waals surface area contributed by atoms with Gasteiger partial charge in [-0.15, -0.1) is 0 Å². The first kappa shape index (κ1) is 13.3. The number of pyridine rings is 1. The molecule has 0 atom stereocenters. The molecule has 0 aliphatic heterocycles. The second-order valence-electron chi connectivity index (χ2n) is 3.25. The number of nitrogens with zero attached hydrogens (tertiary/aromatic N) is 1. The average Bonchev–Trinajstić information content (AvgIpc) is 2.27. The molecule has 0 bridgehead atoms. The Balaban J connectivity index is 3.27. The van der Waals surface area contributed by atoms with Crippen molar-refractivity contribution >= 4 is 5.97 Å². The fourth-order valence-electron chi connectivity index (χ4n) is 1.39. The van der Waals surface area contributed by atoms with Crippen LogP contribution in [0.5, 0.6) is 5.75 Å². The Morgan fingerprint density at radius 3 is 2.65 bits per heavy atom. The van der Waals surface area contributed by atoms with E-state index in [1.807, 2.05) is 0 Å². The second-order valence-corrected chi connectivity index (χ2v) is 3.25. The first-order chi connectivity index (χ1) is 7.99. The average molecular weight is 246 g/mol. The summed E-state index contributed by atoms with van der Waals surface area (Å²) in [5, 5.41) is 8.65. The molecule has 0 aromatic carbocycles. The number of rotatable bonds is 5. The van der Waals surface area contributed by atoms with Crippen LogP contribution >= 0.6 is 0 Å². The molecule has 0 fully saturated rings. The highest BCUT2D eigenvalue weighted by Crippen LogP contribution is 2.28. The summed E-state index contributed by atoms with van der Waals surface area (Å²) in [5.41, 5.74) is 5.03. The highest BCUT2D eigenvalue weighted by molar-refractivity contribution is 5.70. The third kappa shape index (κ3) is 3.10. The molecule has 1 aromatic heterocycles. The summed E-state index contributed by atoms with van der Waals surface area (Å²) in [6.07, 6.45) is -3.13. The van der Waals surface area contributed by atoms with Crippen molar-refractivity contribution in [1.29, 1.82) is 0 Å². The molecule has 0 radical (unpaired) electrons. The molecule has 1 heterocycles. The summed E-state index contributed by atoms with van der Waals surface area (Å²) in [5.74, 6) is -1.09. The highest BCUT2D eigenvalue weighted by atomic mass is 19.3. The number of halogens is 2. The van der Waals surface area contributed by atoms with Crippen LogP contribution in [0.2, 0.25) is 0 Å². The summed E-state index contributed by atoms with van der Waals surface area (Å²) < 4.78 is 30.2. The van der Waals surface area contributed by atoms with Crippen molar-refractivity contribution in [3.63, 3.8) is 0 Å². The molecule has 1 aromatic rings. The maximum Gasteiger partial charge on any atom is 0.309 e. The molecule has 0 unspecified atom stereocenters. The number of carboxylic acid groups (broad SMARTS) is 1. The number of methoxy groups -OCH3 is 1. The van der Waals surface area contributed by atoms with Gasteiger partial charge in [0.25, 0.3) is 6.43 Å². The SMILES string of the molecule is COc1cc(C(F)F)c(CN)nc1CC(=O)O. The molecular weight excluding hydrogens is 234 g/mol. The van der Waals surface area contributed by atoms with Gasteiger partial charge in [-0.3, -0.25) is 9.78 Å². The third-order valence-electron chi connectivity index (χ3n) is 2.14. The fraction of sp³-hybridized carbons (Fsp3) is 0.400. The first-order valence-electron chi connectivity index (χ1n) is 4.76. The highest BCUT2D eigenvalue weighted by Gasteiger charge is 2.19. The van der Waals surface area contributed by atoms with Crippen molar-refractivity contribution in [2.45, 2.75) is 19.4 Å². The van der Waals surface area contributed by atoms with Gasteiger partial charge < -0.3 is 15.6 Å². The molecule has 0 aliphatic rings. The molecule has 5 nitrogen and oxygen atoms in total. The lowest BCUT2D eigenvalue weighted by molar-refractivity contribution is -0.136. The van der Waals surface area contributed by atoms with Gasteiger partial charge in [0.15, 0.2) is 0 Å². The Bertz CT molecular complexity index is 424. The predicted molar refractivity (Wildman–Crippen MR) is 55.0 cm³/mol. The normalized spacial score (nSPS) is 10.6. The molecule has 7 heteroatoms. The van der Waals surface area contributed by atoms with Gasteiger partial charge in [-0.05, 0) is 6.07 Å². The van der Waals surface area contributed by atoms with Crippen molar-refractivity contribution in [2.24, 2.45) is 5.73 Å². The van der Waals surface area contributed by atoms with Crippen LogP contribution in [-0.2, 0) is 17.8 Å². The van der Waals surface area contributed by atoms with E-state index in [1.165, 1.54) is 7.11 Å². The maximum atomic E-state index is 12.7. The first-order valence-corrected chi connectivity index (χ1v) is 4.76. The van der Waals surface area contributed by atoms with Crippen molar-refractivity contribution in [3.8, 4) is 5.75 Å². The molecule has 0 spiro atoms. The van der Waals surface area contributed by atoms with Crippen LogP contribution in [0.15, 0.2) is 6.07 Å². The van der Waals surface area contributed by atoms with Crippen LogP contribution in [-0.4, -0.2) is 23.2 Å². The molecule has 3 N–H and O–H groups in total. The Labute approximate surface area is 96.2 Å². The number of ether oxygens (including phenoxy) is 1. The summed E-state index contributed by atoms with van der Waals surface area (Å²) >= 11 is 0. The number of aromatic nitrogens is 1. The number of carboxylic acids is 1. The molecule has 0 saturated carbocycles. The van der Waals surface area contributed by atoms with E-state index < -0.39 is 18.8 Å². The molecule has 1 rings (SSSR count). The van der Waals surface area contributed by atoms with Crippen molar-refractivity contribution in [1.82, 2.24) is 4.98 Å². The maximum absolute atomic E-state index is 12.7. The van der Waals surface area contributed by atoms with Crippen LogP contribution in [0.4, 0.5) is 8.78 Å². The molecule has 0 amide bonds. The predicted octanol–water partition coefficient (Wildman–Crippen LogP) is 1.11. The largest absolute Gasteiger partial charge is 0.495 e. The molecular formula is C10H12F2N2O3. The fourth-order valence-corrected chi connectivity index (χ4v) is 1.39. The number of carbonyl (C=O) groups is 1. The zero-order chi connectivity index (χ0) is 13.0. The minimum absolute atomic E-state index is 0.0166. The van der Waals surface area contributed by atoms with E-state index in [-0.39, 0.29) is 29.2 Å². The van der Waals surface area contributed by atoms with Crippen molar-refractivity contribution < 1.29 is 23.4 Å². The van der Waals surface area contributed by atoms with E-state index >= 15 is 0 Å². The second kappa shape index (κ2) is 5.53. The van der Waals surface area contributed by atoms with E-state index in [4.69, 9.17) is 15.6 Å². The molecule has 17 heavy (non-hydrogen) atoms. The van der Waals surface area contributed by atoms with E-state index in [1.54, 1.807) is 0 Å². The molecule has 94 valence electrons. The standard InChI is InChI=1S/C10H12F2N2O3/c1-17-8-2-5(10(11)12)7(4-13)14-6(8)3-9(15)16/h2,10H,3-4,13H2,1H3,(H,15,16). The van der Waals surface area contributed by atoms with Gasteiger partial charge in [0, 0.05) is 12.1 Å². The smallest absolute Gasteiger partial charge is 0.309 e. The number of hydrogen-bond donors (Lipinski definition) is 2. The van der Waals surface area contributed by atoms with Gasteiger partial charge in [0.2, 0.25) is 0 Å². The Kier molecular flexibility index (Phi) is 4.33. The number of aliphatic carboxylic acids is 1. The summed E-state index contributed by atoms with van der Waals surface area (Å²) in [6.45, 7) is -0.184. The summed E-state index contributed by atoms with van der Waals surface area (Å²) in [7, 11) is 1.26. The molecule has 0 saturated heterocycles. The van der Waals surface area contributed by atoms with Gasteiger partial charge in [-0.2, -0.15) is 0 Å². The van der Waals surface area contributed by atoms with Crippen molar-refractivity contribution in [3.05, 3.63) is 23.0 Å². The Morgan fingerprint density at radius 2 is 2.24 bits per heavy atom. The number of hydrogen-bond acceptors (Lipinski definition) is 4. The van der Waals surface area contributed by atoms with Crippen LogP contribution in [0.1, 0.15) is 23.4 Å². The lowest BCUT2D eigenvalue weighted by atomic mass is 10.1. The van der Waals surface area contributed by atoms with Gasteiger partial charge in [0.1, 0.15) is 5.75 Å². The van der Waals surface area contributed by atoms with Gasteiger partial charge in [0.05, 0.1) is 24.9 Å². The lowest BCUT2D eigenvalue weighted by Crippen LogP contribution is -2.11. The zero-order valence-corrected chi connectivity index (χ0v) is 9.11. The summed E-state index contributed by atoms with van der Waals surface area (Å²) in [4.78, 5) is 14.4. The zero-order valence-electron chi connectivity index (χ0n) is 9.11. The van der Waals surface area contributed by atoms with Crippen LogP contribution in [0.25, 0.3) is 0 Å². The van der Waals surface area contributed by atoms with E-state index in [0.29, 0.717) is 0 Å². The van der Waals surface area contributed by atoms with Crippen LogP contribution in [0, 0.1) is 0 Å².